The lowest BCUT2D eigenvalue weighted by molar-refractivity contribution is -0.122. The van der Waals surface area contributed by atoms with Crippen LogP contribution in [0.1, 0.15) is 24.1 Å². The minimum absolute atomic E-state index is 0.0514. The quantitative estimate of drug-likeness (QED) is 0.884. The first-order valence-electron chi connectivity index (χ1n) is 6.76. The number of benzene rings is 2. The molecule has 0 heterocycles. The zero-order chi connectivity index (χ0) is 15.4. The Balaban J connectivity index is 2.11. The molecule has 0 saturated heterocycles. The summed E-state index contributed by atoms with van der Waals surface area (Å²) >= 11 is 12.0. The van der Waals surface area contributed by atoms with Crippen LogP contribution in [-0.4, -0.2) is 5.78 Å². The van der Waals surface area contributed by atoms with Crippen LogP contribution in [0.2, 0.25) is 10.0 Å². The van der Waals surface area contributed by atoms with Crippen molar-refractivity contribution >= 4 is 29.0 Å². The van der Waals surface area contributed by atoms with Gasteiger partial charge in [0.15, 0.2) is 0 Å². The monoisotopic (exact) mass is 321 g/mol. The second-order valence-electron chi connectivity index (χ2n) is 5.10. The lowest BCUT2D eigenvalue weighted by atomic mass is 9.89. The Labute approximate surface area is 134 Å². The standard InChI is InChI=1S/C17H17Cl2NO/c1-11(17(20)12-5-3-2-4-6-12)16(21)10-13-9-14(18)7-8-15(13)19/h2-9,11,17H,10,20H2,1H3. The van der Waals surface area contributed by atoms with Gasteiger partial charge in [-0.15, -0.1) is 0 Å². The smallest absolute Gasteiger partial charge is 0.142 e. The number of nitrogens with two attached hydrogens (primary N) is 1. The Morgan fingerprint density at radius 1 is 1.14 bits per heavy atom. The maximum absolute atomic E-state index is 12.4. The van der Waals surface area contributed by atoms with Gasteiger partial charge in [-0.25, -0.2) is 0 Å². The average Bonchev–Trinajstić information content (AvgIpc) is 2.50. The molecule has 2 nitrogen and oxygen atoms in total. The van der Waals surface area contributed by atoms with E-state index in [9.17, 15) is 4.79 Å². The first-order chi connectivity index (χ1) is 9.99. The highest BCUT2D eigenvalue weighted by molar-refractivity contribution is 6.33. The highest BCUT2D eigenvalue weighted by Crippen LogP contribution is 2.25. The van der Waals surface area contributed by atoms with Crippen molar-refractivity contribution in [1.82, 2.24) is 0 Å². The van der Waals surface area contributed by atoms with Crippen molar-refractivity contribution in [1.29, 1.82) is 0 Å². The average molecular weight is 322 g/mol. The molecule has 2 N–H and O–H groups in total. The summed E-state index contributed by atoms with van der Waals surface area (Å²) in [5.74, 6) is -0.238. The van der Waals surface area contributed by atoms with Gasteiger partial charge in [-0.3, -0.25) is 4.79 Å². The molecule has 0 aromatic heterocycles. The number of hydrogen-bond donors (Lipinski definition) is 1. The van der Waals surface area contributed by atoms with Crippen molar-refractivity contribution in [2.75, 3.05) is 0 Å². The van der Waals surface area contributed by atoms with E-state index in [2.05, 4.69) is 0 Å². The van der Waals surface area contributed by atoms with Gasteiger partial charge in [0.2, 0.25) is 0 Å². The maximum atomic E-state index is 12.4. The molecule has 0 aliphatic carbocycles. The summed E-state index contributed by atoms with van der Waals surface area (Å²) in [4.78, 5) is 12.4. The Hall–Kier alpha value is -1.35. The number of ketones is 1. The lowest BCUT2D eigenvalue weighted by Gasteiger charge is -2.19. The minimum Gasteiger partial charge on any atom is -0.323 e. The Morgan fingerprint density at radius 2 is 1.81 bits per heavy atom. The molecule has 0 radical (unpaired) electrons. The summed E-state index contributed by atoms with van der Waals surface area (Å²) in [7, 11) is 0. The fraction of sp³-hybridized carbons (Fsp3) is 0.235. The highest BCUT2D eigenvalue weighted by atomic mass is 35.5. The first kappa shape index (κ1) is 16.0. The Bertz CT molecular complexity index is 628. The molecule has 2 aromatic carbocycles. The summed E-state index contributed by atoms with van der Waals surface area (Å²) in [6.07, 6.45) is 0.237. The minimum atomic E-state index is -0.323. The van der Waals surface area contributed by atoms with E-state index in [1.54, 1.807) is 18.2 Å². The third-order valence-corrected chi connectivity index (χ3v) is 4.21. The predicted octanol–water partition coefficient (Wildman–Crippen LogP) is 4.44. The second kappa shape index (κ2) is 7.08. The van der Waals surface area contributed by atoms with Crippen LogP contribution < -0.4 is 5.73 Å². The van der Waals surface area contributed by atoms with E-state index >= 15 is 0 Å². The van der Waals surface area contributed by atoms with Gasteiger partial charge in [-0.1, -0.05) is 60.5 Å². The summed E-state index contributed by atoms with van der Waals surface area (Å²) in [6.45, 7) is 1.85. The molecule has 0 saturated carbocycles. The Kier molecular flexibility index (Phi) is 5.40. The molecule has 0 aliphatic rings. The summed E-state index contributed by atoms with van der Waals surface area (Å²) < 4.78 is 0. The van der Waals surface area contributed by atoms with Crippen LogP contribution in [0.3, 0.4) is 0 Å². The third kappa shape index (κ3) is 4.07. The van der Waals surface area contributed by atoms with E-state index in [1.165, 1.54) is 0 Å². The van der Waals surface area contributed by atoms with Crippen molar-refractivity contribution in [3.8, 4) is 0 Å². The molecule has 0 amide bonds. The van der Waals surface area contributed by atoms with Gasteiger partial charge in [0.1, 0.15) is 5.78 Å². The molecular formula is C17H17Cl2NO. The summed E-state index contributed by atoms with van der Waals surface area (Å²) in [6, 6.07) is 14.4. The van der Waals surface area contributed by atoms with Gasteiger partial charge in [0, 0.05) is 28.4 Å². The molecular weight excluding hydrogens is 305 g/mol. The van der Waals surface area contributed by atoms with E-state index in [4.69, 9.17) is 28.9 Å². The molecule has 4 heteroatoms. The molecule has 2 rings (SSSR count). The predicted molar refractivity (Wildman–Crippen MR) is 87.7 cm³/mol. The highest BCUT2D eigenvalue weighted by Gasteiger charge is 2.22. The van der Waals surface area contributed by atoms with Crippen LogP contribution >= 0.6 is 23.2 Å². The SMILES string of the molecule is CC(C(=O)Cc1cc(Cl)ccc1Cl)C(N)c1ccccc1. The fourth-order valence-electron chi connectivity index (χ4n) is 2.19. The van der Waals surface area contributed by atoms with Gasteiger partial charge in [-0.2, -0.15) is 0 Å². The van der Waals surface area contributed by atoms with Crippen LogP contribution in [0.4, 0.5) is 0 Å². The normalized spacial score (nSPS) is 13.7. The van der Waals surface area contributed by atoms with E-state index in [-0.39, 0.29) is 24.2 Å². The number of rotatable bonds is 5. The fourth-order valence-corrected chi connectivity index (χ4v) is 2.57. The van der Waals surface area contributed by atoms with Gasteiger partial charge in [-0.05, 0) is 29.3 Å². The third-order valence-electron chi connectivity index (χ3n) is 3.60. The van der Waals surface area contributed by atoms with Crippen LogP contribution in [0, 0.1) is 5.92 Å². The van der Waals surface area contributed by atoms with Gasteiger partial charge >= 0.3 is 0 Å². The summed E-state index contributed by atoms with van der Waals surface area (Å²) in [5.41, 5.74) is 7.87. The van der Waals surface area contributed by atoms with E-state index in [0.717, 1.165) is 11.1 Å². The molecule has 110 valence electrons. The number of hydrogen-bond acceptors (Lipinski definition) is 2. The number of Topliss-reactive ketones (excluding diaryl/α,β-unsaturated/α-hetero) is 1. The number of halogens is 2. The maximum Gasteiger partial charge on any atom is 0.142 e. The molecule has 0 bridgehead atoms. The lowest BCUT2D eigenvalue weighted by Crippen LogP contribution is -2.27. The van der Waals surface area contributed by atoms with Crippen LogP contribution in [0.15, 0.2) is 48.5 Å². The molecule has 2 aromatic rings. The van der Waals surface area contributed by atoms with Crippen molar-refractivity contribution in [2.24, 2.45) is 11.7 Å². The van der Waals surface area contributed by atoms with Crippen LogP contribution in [-0.2, 0) is 11.2 Å². The molecule has 2 atom stereocenters. The molecule has 21 heavy (non-hydrogen) atoms. The van der Waals surface area contributed by atoms with Crippen molar-refractivity contribution in [3.05, 3.63) is 69.7 Å². The van der Waals surface area contributed by atoms with E-state index in [1.807, 2.05) is 37.3 Å². The molecule has 2 unspecified atom stereocenters. The van der Waals surface area contributed by atoms with Gasteiger partial charge in [0.05, 0.1) is 0 Å². The molecule has 0 aliphatic heterocycles. The van der Waals surface area contributed by atoms with Crippen LogP contribution in [0.5, 0.6) is 0 Å². The number of carbonyl (C=O) groups is 1. The van der Waals surface area contributed by atoms with Crippen molar-refractivity contribution < 1.29 is 4.79 Å². The molecule has 0 fully saturated rings. The largest absolute Gasteiger partial charge is 0.323 e. The zero-order valence-electron chi connectivity index (χ0n) is 11.7. The topological polar surface area (TPSA) is 43.1 Å². The van der Waals surface area contributed by atoms with Gasteiger partial charge in [0.25, 0.3) is 0 Å². The molecule has 0 spiro atoms. The second-order valence-corrected chi connectivity index (χ2v) is 5.95. The van der Waals surface area contributed by atoms with Crippen molar-refractivity contribution in [3.63, 3.8) is 0 Å². The summed E-state index contributed by atoms with van der Waals surface area (Å²) in [5, 5.41) is 1.12. The van der Waals surface area contributed by atoms with E-state index < -0.39 is 0 Å². The Morgan fingerprint density at radius 3 is 2.48 bits per heavy atom. The van der Waals surface area contributed by atoms with Crippen molar-refractivity contribution in [2.45, 2.75) is 19.4 Å². The number of carbonyl (C=O) groups excluding carboxylic acids is 1. The first-order valence-corrected chi connectivity index (χ1v) is 7.52. The van der Waals surface area contributed by atoms with Gasteiger partial charge < -0.3 is 5.73 Å². The zero-order valence-corrected chi connectivity index (χ0v) is 13.2. The van der Waals surface area contributed by atoms with E-state index in [0.29, 0.717) is 10.0 Å². The van der Waals surface area contributed by atoms with Crippen LogP contribution in [0.25, 0.3) is 0 Å².